The summed E-state index contributed by atoms with van der Waals surface area (Å²) in [5.74, 6) is 0. The molecule has 0 radical (unpaired) electrons. The highest BCUT2D eigenvalue weighted by Crippen LogP contribution is 2.38. The third-order valence-electron chi connectivity index (χ3n) is 12.9. The monoisotopic (exact) mass is 1000 g/mol. The van der Waals surface area contributed by atoms with Crippen LogP contribution in [0.25, 0.3) is 0 Å². The van der Waals surface area contributed by atoms with Crippen LogP contribution in [0.4, 0.5) is 0 Å². The molecule has 12 bridgehead atoms. The molecule has 22 aliphatic heterocycles. The van der Waals surface area contributed by atoms with Gasteiger partial charge in [0.05, 0.1) is 39.6 Å². The van der Waals surface area contributed by atoms with Gasteiger partial charge in [0.2, 0.25) is 0 Å². The molecule has 22 heterocycles. The Balaban J connectivity index is 1.21. The maximum absolute atomic E-state index is 11.3. The fraction of sp³-hybridized carbons (Fsp3) is 1.00. The number of hydrogen-bond acceptors (Lipinski definition) is 32. The molecule has 0 spiro atoms. The first-order valence-corrected chi connectivity index (χ1v) is 21.4. The Labute approximate surface area is 382 Å². The van der Waals surface area contributed by atoms with Gasteiger partial charge in [0, 0.05) is 0 Å². The zero-order chi connectivity index (χ0) is 49.5. The lowest BCUT2D eigenvalue weighted by Gasteiger charge is -2.50. The number of aliphatic hydroxyl groups is 16. The van der Waals surface area contributed by atoms with Gasteiger partial charge in [0.25, 0.3) is 0 Å². The van der Waals surface area contributed by atoms with Crippen LogP contribution in [0.2, 0.25) is 0 Å². The second-order valence-electron chi connectivity index (χ2n) is 17.0. The minimum atomic E-state index is -2.19. The maximum Gasteiger partial charge on any atom is 0.187 e. The molecule has 0 aromatic rings. The van der Waals surface area contributed by atoms with Crippen molar-refractivity contribution in [3.63, 3.8) is 0 Å². The number of aliphatic hydroxyl groups excluding tert-OH is 16. The topological polar surface area (TPSA) is 493 Å². The lowest BCUT2D eigenvalue weighted by molar-refractivity contribution is -0.433. The van der Waals surface area contributed by atoms with Crippen LogP contribution in [0.15, 0.2) is 0 Å². The summed E-state index contributed by atoms with van der Waals surface area (Å²) in [4.78, 5) is 8.94. The summed E-state index contributed by atoms with van der Waals surface area (Å²) in [6.07, 6.45) is -59.2. The van der Waals surface area contributed by atoms with Crippen molar-refractivity contribution in [3.8, 4) is 0 Å². The van der Waals surface area contributed by atoms with E-state index in [-0.39, 0.29) is 0 Å². The zero-order valence-electron chi connectivity index (χ0n) is 35.3. The van der Waals surface area contributed by atoms with E-state index >= 15 is 0 Å². The highest BCUT2D eigenvalue weighted by Gasteiger charge is 2.59. The Morgan fingerprint density at radius 2 is 0.412 bits per heavy atom. The van der Waals surface area contributed by atoms with Crippen LogP contribution in [0, 0.1) is 0 Å². The standard InChI is InChI=1S/C36H60O32/c37-1-7-23-14(44)18(48)32(56-7)63-25-9(3-39)58-34(20(50)16(25)46)65-27-11(5-41)60-36(22(52)30(27)68-54)66-28-12(6-42)59-35(21(51)29(28)67-53)64-26-10(4-40)57-33(19(49)15(26)45)62-24-8(2-38)55-31(61-23)17(47)13(24)43/h7-54H,1-6H2/t7-,8-,9-,10-,11-,12-,13-,14-,15-,16-,17-,18-,19-,20-,21-,22-,23-,24-,25-,26-,27+,28+,29-,30-,31-,32-,33-,34-,35-,36-/m1/s1. The highest BCUT2D eigenvalue weighted by atomic mass is 17.1. The third kappa shape index (κ3) is 10.4. The van der Waals surface area contributed by atoms with E-state index in [1.54, 1.807) is 0 Å². The second-order valence-corrected chi connectivity index (χ2v) is 17.0. The summed E-state index contributed by atoms with van der Waals surface area (Å²) in [5.41, 5.74) is 0. The van der Waals surface area contributed by atoms with E-state index in [1.165, 1.54) is 0 Å². The van der Waals surface area contributed by atoms with Crippen LogP contribution < -0.4 is 0 Å². The Bertz CT molecular complexity index is 1540. The van der Waals surface area contributed by atoms with Crippen molar-refractivity contribution >= 4 is 0 Å². The Morgan fingerprint density at radius 1 is 0.235 bits per heavy atom. The molecule has 0 aromatic heterocycles. The summed E-state index contributed by atoms with van der Waals surface area (Å²) >= 11 is 0. The van der Waals surface area contributed by atoms with Crippen molar-refractivity contribution in [2.75, 3.05) is 39.6 Å². The Kier molecular flexibility index (Phi) is 18.7. The quantitative estimate of drug-likeness (QED) is 0.0793. The first kappa shape index (κ1) is 54.5. The molecule has 22 aliphatic rings. The number of rotatable bonds is 8. The lowest BCUT2D eigenvalue weighted by Crippen LogP contribution is -2.69. The van der Waals surface area contributed by atoms with Gasteiger partial charge >= 0.3 is 0 Å². The minimum Gasteiger partial charge on any atom is -0.394 e. The fourth-order valence-corrected chi connectivity index (χ4v) is 9.14. The molecular formula is C36H60O32. The van der Waals surface area contributed by atoms with E-state index in [2.05, 4.69) is 9.78 Å². The zero-order valence-corrected chi connectivity index (χ0v) is 35.3. The Morgan fingerprint density at radius 3 is 0.603 bits per heavy atom. The molecule has 18 N–H and O–H groups in total. The molecule has 32 nitrogen and oxygen atoms in total. The van der Waals surface area contributed by atoms with E-state index in [4.69, 9.17) is 56.8 Å². The molecule has 0 saturated carbocycles. The summed E-state index contributed by atoms with van der Waals surface area (Å²) < 4.78 is 68.2. The summed E-state index contributed by atoms with van der Waals surface area (Å²) in [6, 6.07) is 0. The van der Waals surface area contributed by atoms with Gasteiger partial charge in [-0.25, -0.2) is 9.78 Å². The van der Waals surface area contributed by atoms with Crippen molar-refractivity contribution < 1.29 is 159 Å². The van der Waals surface area contributed by atoms with E-state index in [1.807, 2.05) is 0 Å². The molecule has 68 heavy (non-hydrogen) atoms. The van der Waals surface area contributed by atoms with E-state index in [0.717, 1.165) is 0 Å². The molecule has 22 fully saturated rings. The third-order valence-corrected chi connectivity index (χ3v) is 12.9. The van der Waals surface area contributed by atoms with Crippen LogP contribution in [0.5, 0.6) is 0 Å². The van der Waals surface area contributed by atoms with Crippen molar-refractivity contribution in [1.82, 2.24) is 0 Å². The molecule has 0 unspecified atom stereocenters. The molecule has 22 saturated heterocycles. The number of ether oxygens (including phenoxy) is 12. The number of hydrogen-bond donors (Lipinski definition) is 18. The molecule has 30 atom stereocenters. The average Bonchev–Trinajstić information content (AvgIpc) is 3.33. The van der Waals surface area contributed by atoms with Crippen molar-refractivity contribution in [2.24, 2.45) is 0 Å². The SMILES string of the molecule is OC[C@H]1O[C@@H]2O[C@@H]3[C@H](OO)[C@@H](O)[C@@H](O[C@H]4[C@H](O)[C@@H](O)[C@@H](O[C@H]5[C@H](O)[C@@H](O)[C@@H](O[C@H]6[C@H](O)[C@@H](O)[C@@H](O[C@H]7[C@H](O)[C@@H](O)[C@@H](O[C@@H]1[C@H](OO)[C@H]2O)O[C@@H]7CO)O[C@@H]6CO)O[C@@H]5CO)O[C@@H]4CO)O[C@@H]3CO. The molecule has 0 aromatic carbocycles. The molecular weight excluding hydrogens is 944 g/mol. The first-order chi connectivity index (χ1) is 32.5. The van der Waals surface area contributed by atoms with Gasteiger partial charge < -0.3 is 139 Å². The minimum absolute atomic E-state index is 1.01. The van der Waals surface area contributed by atoms with Gasteiger partial charge in [-0.15, -0.1) is 0 Å². The second kappa shape index (κ2) is 23.3. The summed E-state index contributed by atoms with van der Waals surface area (Å²) in [6.45, 7) is -6.15. The van der Waals surface area contributed by atoms with Gasteiger partial charge in [0.15, 0.2) is 49.9 Å². The summed E-state index contributed by atoms with van der Waals surface area (Å²) in [5, 5.41) is 194. The molecule has 22 rings (SSSR count). The Hall–Kier alpha value is -1.28. The highest BCUT2D eigenvalue weighted by molar-refractivity contribution is 5.01. The van der Waals surface area contributed by atoms with Gasteiger partial charge in [-0.2, -0.15) is 0 Å². The smallest absolute Gasteiger partial charge is 0.187 e. The van der Waals surface area contributed by atoms with E-state index in [0.29, 0.717) is 0 Å². The molecule has 0 amide bonds. The lowest BCUT2D eigenvalue weighted by atomic mass is 9.94. The maximum atomic E-state index is 11.3. The molecule has 32 heteroatoms. The summed E-state index contributed by atoms with van der Waals surface area (Å²) in [7, 11) is 0. The first-order valence-electron chi connectivity index (χ1n) is 21.4. The predicted molar refractivity (Wildman–Crippen MR) is 199 cm³/mol. The largest absolute Gasteiger partial charge is 0.394 e. The van der Waals surface area contributed by atoms with Gasteiger partial charge in [-0.3, -0.25) is 10.5 Å². The fourth-order valence-electron chi connectivity index (χ4n) is 9.14. The normalized spacial score (nSPS) is 54.1. The van der Waals surface area contributed by atoms with Crippen LogP contribution in [0.3, 0.4) is 0 Å². The molecule has 396 valence electrons. The van der Waals surface area contributed by atoms with Gasteiger partial charge in [-0.05, 0) is 0 Å². The van der Waals surface area contributed by atoms with Crippen LogP contribution in [0.1, 0.15) is 0 Å². The van der Waals surface area contributed by atoms with Gasteiger partial charge in [-0.1, -0.05) is 0 Å². The molecule has 0 aliphatic carbocycles. The van der Waals surface area contributed by atoms with Crippen LogP contribution in [-0.2, 0) is 66.6 Å². The van der Waals surface area contributed by atoms with Crippen molar-refractivity contribution in [3.05, 3.63) is 0 Å². The van der Waals surface area contributed by atoms with Crippen LogP contribution in [-0.4, -0.2) is 316 Å². The predicted octanol–water partition coefficient (Wildman–Crippen LogP) is -12.1. The van der Waals surface area contributed by atoms with Gasteiger partial charge in [0.1, 0.15) is 134 Å². The van der Waals surface area contributed by atoms with E-state index < -0.39 is 224 Å². The average molecular weight is 1000 g/mol. The van der Waals surface area contributed by atoms with Crippen LogP contribution >= 0.6 is 0 Å². The van der Waals surface area contributed by atoms with Crippen molar-refractivity contribution in [2.45, 2.75) is 184 Å². The van der Waals surface area contributed by atoms with E-state index in [9.17, 15) is 92.2 Å². The van der Waals surface area contributed by atoms with Crippen molar-refractivity contribution in [1.29, 1.82) is 0 Å².